The number of aromatic nitrogens is 2. The van der Waals surface area contributed by atoms with Crippen molar-refractivity contribution < 1.29 is 9.90 Å². The second-order valence-corrected chi connectivity index (χ2v) is 7.12. The van der Waals surface area contributed by atoms with Crippen molar-refractivity contribution in [3.8, 4) is 22.5 Å². The third-order valence-corrected chi connectivity index (χ3v) is 5.43. The number of hydrogen-bond donors (Lipinski definition) is 1. The van der Waals surface area contributed by atoms with Gasteiger partial charge in [-0.1, -0.05) is 67.6 Å². The van der Waals surface area contributed by atoms with Crippen molar-refractivity contribution >= 4 is 22.3 Å². The van der Waals surface area contributed by atoms with Crippen LogP contribution < -0.4 is 0 Å². The molecule has 0 saturated heterocycles. The Morgan fingerprint density at radius 3 is 2.23 bits per heavy atom. The number of nitrogens with zero attached hydrogens (tertiary/aromatic N) is 2. The summed E-state index contributed by atoms with van der Waals surface area (Å²) in [6, 6.07) is 20.1. The summed E-state index contributed by atoms with van der Waals surface area (Å²) in [4.78, 5) is 17.9. The number of carboxylic acid groups (broad SMARTS) is 1. The molecule has 0 bridgehead atoms. The number of carboxylic acids is 1. The second kappa shape index (κ2) is 6.77. The van der Waals surface area contributed by atoms with E-state index >= 15 is 0 Å². The van der Waals surface area contributed by atoms with Gasteiger partial charge in [0.15, 0.2) is 4.96 Å². The molecule has 130 valence electrons. The summed E-state index contributed by atoms with van der Waals surface area (Å²) in [6.07, 6.45) is 0.816. The first-order valence-corrected chi connectivity index (χ1v) is 9.36. The summed E-state index contributed by atoms with van der Waals surface area (Å²) < 4.78 is 2.14. The van der Waals surface area contributed by atoms with Crippen molar-refractivity contribution in [3.05, 3.63) is 71.2 Å². The van der Waals surface area contributed by atoms with Crippen LogP contribution in [0, 0.1) is 0 Å². The van der Waals surface area contributed by atoms with Crippen molar-refractivity contribution in [2.45, 2.75) is 19.8 Å². The zero-order chi connectivity index (χ0) is 18.1. The summed E-state index contributed by atoms with van der Waals surface area (Å²) in [5, 5.41) is 9.34. The Morgan fingerprint density at radius 2 is 1.65 bits per heavy atom. The molecule has 0 fully saturated rings. The van der Waals surface area contributed by atoms with Crippen molar-refractivity contribution in [2.24, 2.45) is 0 Å². The molecule has 0 atom stereocenters. The molecule has 4 aromatic rings. The number of benzene rings is 2. The fraction of sp³-hybridized carbons (Fsp3) is 0.143. The zero-order valence-electron chi connectivity index (χ0n) is 14.3. The molecule has 0 saturated carbocycles. The maximum Gasteiger partial charge on any atom is 0.308 e. The topological polar surface area (TPSA) is 54.6 Å². The van der Waals surface area contributed by atoms with Crippen LogP contribution in [0.25, 0.3) is 27.5 Å². The number of imidazole rings is 1. The van der Waals surface area contributed by atoms with E-state index < -0.39 is 5.97 Å². The summed E-state index contributed by atoms with van der Waals surface area (Å²) in [5.41, 5.74) is 5.12. The first-order chi connectivity index (χ1) is 12.7. The van der Waals surface area contributed by atoms with Crippen LogP contribution in [-0.4, -0.2) is 20.5 Å². The van der Waals surface area contributed by atoms with Crippen molar-refractivity contribution in [2.75, 3.05) is 0 Å². The molecule has 2 aromatic carbocycles. The lowest BCUT2D eigenvalue weighted by Crippen LogP contribution is -2.02. The number of rotatable bonds is 5. The van der Waals surface area contributed by atoms with Crippen LogP contribution in [0.2, 0.25) is 0 Å². The van der Waals surface area contributed by atoms with Crippen LogP contribution in [0.3, 0.4) is 0 Å². The highest BCUT2D eigenvalue weighted by molar-refractivity contribution is 7.17. The molecular formula is C21H18N2O2S. The van der Waals surface area contributed by atoms with Gasteiger partial charge in [0.25, 0.3) is 0 Å². The molecule has 1 N–H and O–H groups in total. The molecule has 0 spiro atoms. The number of hydrogen-bond acceptors (Lipinski definition) is 3. The number of aryl methyl sites for hydroxylation is 1. The van der Waals surface area contributed by atoms with E-state index in [2.05, 4.69) is 23.5 Å². The lowest BCUT2D eigenvalue weighted by Gasteiger charge is -2.08. The van der Waals surface area contributed by atoms with Crippen molar-refractivity contribution in [1.82, 2.24) is 9.38 Å². The molecule has 0 amide bonds. The van der Waals surface area contributed by atoms with Crippen molar-refractivity contribution in [1.29, 1.82) is 0 Å². The van der Waals surface area contributed by atoms with Crippen LogP contribution in [0.15, 0.2) is 60.7 Å². The molecule has 5 heteroatoms. The Kier molecular flexibility index (Phi) is 4.31. The van der Waals surface area contributed by atoms with Gasteiger partial charge in [-0.25, -0.2) is 4.98 Å². The van der Waals surface area contributed by atoms with Gasteiger partial charge in [-0.3, -0.25) is 9.20 Å². The quantitative estimate of drug-likeness (QED) is 0.548. The van der Waals surface area contributed by atoms with Gasteiger partial charge in [0.1, 0.15) is 0 Å². The SMILES string of the molecule is CCc1c(-c2ccccc2)nc2sc(CC(=O)O)c(-c3ccccc3)n12. The molecular weight excluding hydrogens is 344 g/mol. The fourth-order valence-electron chi connectivity index (χ4n) is 3.31. The Hall–Kier alpha value is -2.92. The smallest absolute Gasteiger partial charge is 0.308 e. The Balaban J connectivity index is 2.02. The maximum atomic E-state index is 11.4. The number of carbonyl (C=O) groups is 1. The number of fused-ring (bicyclic) bond motifs is 1. The molecule has 4 rings (SSSR count). The van der Waals surface area contributed by atoms with E-state index in [0.717, 1.165) is 44.5 Å². The molecule has 0 aliphatic rings. The molecule has 26 heavy (non-hydrogen) atoms. The van der Waals surface area contributed by atoms with Gasteiger partial charge in [0, 0.05) is 10.4 Å². The molecule has 2 aromatic heterocycles. The average molecular weight is 362 g/mol. The van der Waals surface area contributed by atoms with Gasteiger partial charge in [0.2, 0.25) is 0 Å². The largest absolute Gasteiger partial charge is 0.481 e. The summed E-state index contributed by atoms with van der Waals surface area (Å²) >= 11 is 1.46. The fourth-order valence-corrected chi connectivity index (χ4v) is 4.46. The minimum atomic E-state index is -0.826. The van der Waals surface area contributed by atoms with E-state index in [-0.39, 0.29) is 6.42 Å². The Bertz CT molecular complexity index is 1070. The number of aliphatic carboxylic acids is 1. The van der Waals surface area contributed by atoms with E-state index in [0.29, 0.717) is 0 Å². The van der Waals surface area contributed by atoms with Crippen molar-refractivity contribution in [3.63, 3.8) is 0 Å². The van der Waals surface area contributed by atoms with Gasteiger partial charge in [-0.15, -0.1) is 11.3 Å². The van der Waals surface area contributed by atoms with E-state index in [9.17, 15) is 9.90 Å². The third kappa shape index (κ3) is 2.80. The molecule has 0 aliphatic carbocycles. The number of thiazole rings is 1. The third-order valence-electron chi connectivity index (χ3n) is 4.39. The highest BCUT2D eigenvalue weighted by Crippen LogP contribution is 2.37. The maximum absolute atomic E-state index is 11.4. The van der Waals surface area contributed by atoms with Gasteiger partial charge in [0.05, 0.1) is 23.5 Å². The highest BCUT2D eigenvalue weighted by atomic mass is 32.1. The molecule has 0 aliphatic heterocycles. The minimum Gasteiger partial charge on any atom is -0.481 e. The summed E-state index contributed by atoms with van der Waals surface area (Å²) in [5.74, 6) is -0.826. The standard InChI is InChI=1S/C21H18N2O2S/c1-2-16-19(14-9-5-3-6-10-14)22-21-23(16)20(15-11-7-4-8-12-15)17(26-21)13-18(24)25/h3-12H,2,13H2,1H3,(H,24,25). The Labute approximate surface area is 155 Å². The van der Waals surface area contributed by atoms with Gasteiger partial charge < -0.3 is 5.11 Å². The van der Waals surface area contributed by atoms with Crippen LogP contribution in [0.4, 0.5) is 0 Å². The van der Waals surface area contributed by atoms with Crippen LogP contribution in [-0.2, 0) is 17.6 Å². The van der Waals surface area contributed by atoms with Gasteiger partial charge in [-0.2, -0.15) is 0 Å². The van der Waals surface area contributed by atoms with E-state index in [1.807, 2.05) is 48.5 Å². The average Bonchev–Trinajstić information content (AvgIpc) is 3.17. The molecule has 0 radical (unpaired) electrons. The second-order valence-electron chi connectivity index (χ2n) is 6.06. The van der Waals surface area contributed by atoms with E-state index in [1.54, 1.807) is 0 Å². The Morgan fingerprint density at radius 1 is 1.04 bits per heavy atom. The lowest BCUT2D eigenvalue weighted by molar-refractivity contribution is -0.136. The molecule has 4 nitrogen and oxygen atoms in total. The normalized spacial score (nSPS) is 11.1. The monoisotopic (exact) mass is 362 g/mol. The van der Waals surface area contributed by atoms with Crippen LogP contribution >= 0.6 is 11.3 Å². The predicted octanol–water partition coefficient (Wildman–Crippen LogP) is 4.92. The van der Waals surface area contributed by atoms with E-state index in [1.165, 1.54) is 11.3 Å². The van der Waals surface area contributed by atoms with Crippen LogP contribution in [0.1, 0.15) is 17.5 Å². The van der Waals surface area contributed by atoms with Gasteiger partial charge in [-0.05, 0) is 12.0 Å². The minimum absolute atomic E-state index is 0.00206. The zero-order valence-corrected chi connectivity index (χ0v) is 15.2. The molecule has 2 heterocycles. The predicted molar refractivity (Wildman–Crippen MR) is 105 cm³/mol. The first-order valence-electron chi connectivity index (χ1n) is 8.54. The summed E-state index contributed by atoms with van der Waals surface area (Å²) in [7, 11) is 0. The molecule has 0 unspecified atom stereocenters. The lowest BCUT2D eigenvalue weighted by atomic mass is 10.1. The van der Waals surface area contributed by atoms with Crippen LogP contribution in [0.5, 0.6) is 0 Å². The highest BCUT2D eigenvalue weighted by Gasteiger charge is 2.22. The first kappa shape index (κ1) is 16.5. The summed E-state index contributed by atoms with van der Waals surface area (Å²) in [6.45, 7) is 2.11. The van der Waals surface area contributed by atoms with E-state index in [4.69, 9.17) is 4.98 Å². The van der Waals surface area contributed by atoms with Gasteiger partial charge >= 0.3 is 5.97 Å².